The Morgan fingerprint density at radius 1 is 0.778 bits per heavy atom. The molecule has 0 aromatic carbocycles. The molecule has 0 heterocycles. The fourth-order valence-corrected chi connectivity index (χ4v) is 5.61. The van der Waals surface area contributed by atoms with E-state index in [0.717, 1.165) is 23.7 Å². The van der Waals surface area contributed by atoms with Crippen LogP contribution in [-0.4, -0.2) is 0 Å². The van der Waals surface area contributed by atoms with Crippen molar-refractivity contribution in [1.29, 1.82) is 0 Å². The average molecular weight is 250 g/mol. The molecule has 0 aromatic heterocycles. The predicted octanol–water partition coefficient (Wildman–Crippen LogP) is 5.91. The minimum Gasteiger partial charge on any atom is -0.0625 e. The zero-order chi connectivity index (χ0) is 13.6. The summed E-state index contributed by atoms with van der Waals surface area (Å²) < 4.78 is 0. The minimum absolute atomic E-state index is 0.579. The number of hydrogen-bond donors (Lipinski definition) is 0. The van der Waals surface area contributed by atoms with Gasteiger partial charge in [-0.15, -0.1) is 0 Å². The van der Waals surface area contributed by atoms with Gasteiger partial charge in [0, 0.05) is 0 Å². The van der Waals surface area contributed by atoms with E-state index in [1.807, 2.05) is 0 Å². The second-order valence-corrected chi connectivity index (χ2v) is 9.16. The molecule has 0 bridgehead atoms. The zero-order valence-electron chi connectivity index (χ0n) is 13.6. The van der Waals surface area contributed by atoms with Crippen LogP contribution in [0.4, 0.5) is 0 Å². The zero-order valence-corrected chi connectivity index (χ0v) is 13.6. The molecule has 0 aromatic rings. The highest BCUT2D eigenvalue weighted by molar-refractivity contribution is 4.93. The lowest BCUT2D eigenvalue weighted by Gasteiger charge is -2.50. The Labute approximate surface area is 115 Å². The van der Waals surface area contributed by atoms with Crippen LogP contribution < -0.4 is 0 Å². The Hall–Kier alpha value is 0. The van der Waals surface area contributed by atoms with E-state index in [1.165, 1.54) is 38.5 Å². The summed E-state index contributed by atoms with van der Waals surface area (Å²) in [4.78, 5) is 0. The van der Waals surface area contributed by atoms with Gasteiger partial charge >= 0.3 is 0 Å². The molecule has 18 heavy (non-hydrogen) atoms. The Balaban J connectivity index is 2.10. The fraction of sp³-hybridized carbons (Fsp3) is 1.00. The Morgan fingerprint density at radius 3 is 2.00 bits per heavy atom. The first kappa shape index (κ1) is 14.4. The predicted molar refractivity (Wildman–Crippen MR) is 80.6 cm³/mol. The lowest BCUT2D eigenvalue weighted by molar-refractivity contribution is -0.000103. The maximum atomic E-state index is 2.54. The van der Waals surface area contributed by atoms with Crippen LogP contribution in [0.25, 0.3) is 0 Å². The Bertz CT molecular complexity index is 286. The fourth-order valence-electron chi connectivity index (χ4n) is 5.61. The molecule has 0 N–H and O–H groups in total. The summed E-state index contributed by atoms with van der Waals surface area (Å²) in [5.74, 6) is 3.86. The lowest BCUT2D eigenvalue weighted by atomic mass is 9.55. The van der Waals surface area contributed by atoms with Crippen molar-refractivity contribution in [2.75, 3.05) is 0 Å². The molecule has 4 unspecified atom stereocenters. The van der Waals surface area contributed by atoms with Gasteiger partial charge in [-0.2, -0.15) is 0 Å². The molecule has 0 radical (unpaired) electrons. The third-order valence-corrected chi connectivity index (χ3v) is 5.84. The van der Waals surface area contributed by atoms with E-state index in [0.29, 0.717) is 10.8 Å². The summed E-state index contributed by atoms with van der Waals surface area (Å²) >= 11 is 0. The topological polar surface area (TPSA) is 0 Å². The van der Waals surface area contributed by atoms with Gasteiger partial charge in [0.2, 0.25) is 0 Å². The monoisotopic (exact) mass is 250 g/mol. The van der Waals surface area contributed by atoms with E-state index >= 15 is 0 Å². The van der Waals surface area contributed by atoms with Crippen molar-refractivity contribution < 1.29 is 0 Å². The molecule has 0 saturated heterocycles. The number of rotatable bonds is 1. The van der Waals surface area contributed by atoms with Crippen LogP contribution in [0.5, 0.6) is 0 Å². The van der Waals surface area contributed by atoms with Crippen molar-refractivity contribution in [3.8, 4) is 0 Å². The van der Waals surface area contributed by atoms with Crippen LogP contribution in [0.15, 0.2) is 0 Å². The molecule has 2 rings (SSSR count). The summed E-state index contributed by atoms with van der Waals surface area (Å²) in [5.41, 5.74) is 1.16. The van der Waals surface area contributed by atoms with Gasteiger partial charge < -0.3 is 0 Å². The SMILES string of the molecule is CC1CC(C2CCC(C)CC2(C)C)CC(C)(C)C1. The highest BCUT2D eigenvalue weighted by atomic mass is 14.5. The second kappa shape index (κ2) is 4.84. The molecule has 0 amide bonds. The van der Waals surface area contributed by atoms with Gasteiger partial charge in [-0.3, -0.25) is 0 Å². The van der Waals surface area contributed by atoms with Crippen LogP contribution >= 0.6 is 0 Å². The van der Waals surface area contributed by atoms with E-state index in [9.17, 15) is 0 Å². The quantitative estimate of drug-likeness (QED) is 0.542. The van der Waals surface area contributed by atoms with E-state index in [-0.39, 0.29) is 0 Å². The highest BCUT2D eigenvalue weighted by Gasteiger charge is 2.43. The van der Waals surface area contributed by atoms with Crippen molar-refractivity contribution >= 4 is 0 Å². The summed E-state index contributed by atoms with van der Waals surface area (Å²) in [6.07, 6.45) is 8.81. The van der Waals surface area contributed by atoms with Gasteiger partial charge in [0.1, 0.15) is 0 Å². The van der Waals surface area contributed by atoms with Crippen LogP contribution in [0.3, 0.4) is 0 Å². The maximum Gasteiger partial charge on any atom is -0.0321 e. The third kappa shape index (κ3) is 3.11. The molecule has 0 nitrogen and oxygen atoms in total. The van der Waals surface area contributed by atoms with Gasteiger partial charge in [-0.05, 0) is 66.6 Å². The van der Waals surface area contributed by atoms with E-state index < -0.39 is 0 Å². The molecular formula is C18H34. The normalized spacial score (nSPS) is 43.7. The lowest BCUT2D eigenvalue weighted by Crippen LogP contribution is -2.41. The standard InChI is InChI=1S/C18H34/c1-13-7-8-16(18(5,6)11-13)15-9-14(2)10-17(3,4)12-15/h13-16H,7-12H2,1-6H3. The first-order valence-electron chi connectivity index (χ1n) is 8.20. The molecule has 0 aliphatic heterocycles. The van der Waals surface area contributed by atoms with E-state index in [1.54, 1.807) is 0 Å². The summed E-state index contributed by atoms with van der Waals surface area (Å²) in [6, 6.07) is 0. The summed E-state index contributed by atoms with van der Waals surface area (Å²) in [6.45, 7) is 15.0. The van der Waals surface area contributed by atoms with E-state index in [4.69, 9.17) is 0 Å². The van der Waals surface area contributed by atoms with Crippen molar-refractivity contribution in [1.82, 2.24) is 0 Å². The Morgan fingerprint density at radius 2 is 1.44 bits per heavy atom. The van der Waals surface area contributed by atoms with Gasteiger partial charge in [0.15, 0.2) is 0 Å². The number of hydrogen-bond acceptors (Lipinski definition) is 0. The minimum atomic E-state index is 0.579. The molecule has 0 spiro atoms. The largest absolute Gasteiger partial charge is 0.0625 e. The highest BCUT2D eigenvalue weighted by Crippen LogP contribution is 2.53. The first-order valence-corrected chi connectivity index (χ1v) is 8.20. The average Bonchev–Trinajstić information content (AvgIpc) is 2.11. The van der Waals surface area contributed by atoms with Crippen molar-refractivity contribution in [3.63, 3.8) is 0 Å². The van der Waals surface area contributed by atoms with Crippen LogP contribution in [0, 0.1) is 34.5 Å². The smallest absolute Gasteiger partial charge is 0.0321 e. The maximum absolute atomic E-state index is 2.54. The molecular weight excluding hydrogens is 216 g/mol. The summed E-state index contributed by atoms with van der Waals surface area (Å²) in [5, 5.41) is 0. The molecule has 2 fully saturated rings. The molecule has 2 aliphatic carbocycles. The Kier molecular flexibility index (Phi) is 3.87. The van der Waals surface area contributed by atoms with Crippen molar-refractivity contribution in [3.05, 3.63) is 0 Å². The molecule has 2 aliphatic rings. The van der Waals surface area contributed by atoms with Gasteiger partial charge in [0.25, 0.3) is 0 Å². The second-order valence-electron chi connectivity index (χ2n) is 9.16. The van der Waals surface area contributed by atoms with Crippen LogP contribution in [0.1, 0.15) is 80.1 Å². The summed E-state index contributed by atoms with van der Waals surface area (Å²) in [7, 11) is 0. The molecule has 4 atom stereocenters. The van der Waals surface area contributed by atoms with Crippen molar-refractivity contribution in [2.45, 2.75) is 80.1 Å². The third-order valence-electron chi connectivity index (χ3n) is 5.84. The van der Waals surface area contributed by atoms with Gasteiger partial charge in [0.05, 0.1) is 0 Å². The van der Waals surface area contributed by atoms with Crippen LogP contribution in [0.2, 0.25) is 0 Å². The van der Waals surface area contributed by atoms with Crippen LogP contribution in [-0.2, 0) is 0 Å². The van der Waals surface area contributed by atoms with Gasteiger partial charge in [-0.25, -0.2) is 0 Å². The molecule has 2 saturated carbocycles. The van der Waals surface area contributed by atoms with Crippen molar-refractivity contribution in [2.24, 2.45) is 34.5 Å². The molecule has 0 heteroatoms. The molecule has 106 valence electrons. The van der Waals surface area contributed by atoms with Gasteiger partial charge in [-0.1, -0.05) is 48.0 Å². The van der Waals surface area contributed by atoms with E-state index in [2.05, 4.69) is 41.5 Å². The first-order chi connectivity index (χ1) is 8.20.